The Morgan fingerprint density at radius 3 is 2.55 bits per heavy atom. The van der Waals surface area contributed by atoms with E-state index in [0.717, 1.165) is 35.7 Å². The molecule has 0 bridgehead atoms. The average molecular weight is 298 g/mol. The fourth-order valence-electron chi connectivity index (χ4n) is 2.25. The van der Waals surface area contributed by atoms with Crippen LogP contribution in [-0.4, -0.2) is 15.9 Å². The van der Waals surface area contributed by atoms with E-state index in [9.17, 15) is 4.79 Å². The summed E-state index contributed by atoms with van der Waals surface area (Å²) in [7, 11) is 0. The Labute approximate surface area is 131 Å². The van der Waals surface area contributed by atoms with Crippen molar-refractivity contribution in [1.29, 1.82) is 0 Å². The van der Waals surface area contributed by atoms with Crippen LogP contribution < -0.4 is 10.6 Å². The summed E-state index contributed by atoms with van der Waals surface area (Å²) in [6, 6.07) is 9.49. The van der Waals surface area contributed by atoms with Gasteiger partial charge in [-0.15, -0.1) is 0 Å². The number of anilines is 3. The normalized spacial score (nSPS) is 10.5. The maximum absolute atomic E-state index is 12.1. The van der Waals surface area contributed by atoms with Gasteiger partial charge in [-0.2, -0.15) is 0 Å². The highest BCUT2D eigenvalue weighted by Crippen LogP contribution is 2.20. The Bertz CT molecular complexity index is 638. The van der Waals surface area contributed by atoms with Crippen LogP contribution in [0.25, 0.3) is 0 Å². The maximum Gasteiger partial charge on any atom is 0.227 e. The van der Waals surface area contributed by atoms with Gasteiger partial charge in [-0.1, -0.05) is 19.9 Å². The van der Waals surface area contributed by atoms with Crippen molar-refractivity contribution in [2.45, 2.75) is 33.6 Å². The van der Waals surface area contributed by atoms with Crippen molar-refractivity contribution < 1.29 is 4.79 Å². The first kappa shape index (κ1) is 15.9. The summed E-state index contributed by atoms with van der Waals surface area (Å²) in [5, 5.41) is 6.18. The molecular weight excluding hydrogens is 276 g/mol. The number of carbonyl (C=O) groups excluding carboxylic acids is 1. The maximum atomic E-state index is 12.1. The second kappa shape index (κ2) is 7.54. The minimum atomic E-state index is 0.0566. The van der Waals surface area contributed by atoms with E-state index in [1.165, 1.54) is 6.33 Å². The van der Waals surface area contributed by atoms with E-state index in [2.05, 4.69) is 20.6 Å². The molecule has 5 nitrogen and oxygen atoms in total. The van der Waals surface area contributed by atoms with Gasteiger partial charge in [-0.05, 0) is 38.0 Å². The molecule has 1 aromatic heterocycles. The van der Waals surface area contributed by atoms with Crippen molar-refractivity contribution in [3.63, 3.8) is 0 Å². The van der Waals surface area contributed by atoms with Crippen LogP contribution in [0.1, 0.15) is 32.4 Å². The highest BCUT2D eigenvalue weighted by Gasteiger charge is 2.14. The number of aromatic nitrogens is 2. The summed E-state index contributed by atoms with van der Waals surface area (Å²) in [5.74, 6) is 0.858. The SMILES string of the molecule is CCC(CC)C(=O)Nc1cccc(Nc2cc(C)ncn2)c1. The van der Waals surface area contributed by atoms with Gasteiger partial charge in [0.05, 0.1) is 0 Å². The third kappa shape index (κ3) is 4.28. The molecule has 0 fully saturated rings. The Balaban J connectivity index is 2.08. The first-order valence-electron chi connectivity index (χ1n) is 7.59. The predicted octanol–water partition coefficient (Wildman–Crippen LogP) is 3.90. The number of benzene rings is 1. The second-order valence-electron chi connectivity index (χ2n) is 5.25. The summed E-state index contributed by atoms with van der Waals surface area (Å²) in [6.07, 6.45) is 3.22. The lowest BCUT2D eigenvalue weighted by Gasteiger charge is -2.13. The summed E-state index contributed by atoms with van der Waals surface area (Å²) in [5.41, 5.74) is 2.56. The molecule has 2 N–H and O–H groups in total. The van der Waals surface area contributed by atoms with E-state index >= 15 is 0 Å². The van der Waals surface area contributed by atoms with Crippen molar-refractivity contribution in [2.75, 3.05) is 10.6 Å². The van der Waals surface area contributed by atoms with Gasteiger partial charge in [0, 0.05) is 29.1 Å². The van der Waals surface area contributed by atoms with E-state index < -0.39 is 0 Å². The van der Waals surface area contributed by atoms with Crippen LogP contribution in [0.4, 0.5) is 17.2 Å². The molecule has 0 aliphatic carbocycles. The fourth-order valence-corrected chi connectivity index (χ4v) is 2.25. The number of hydrogen-bond donors (Lipinski definition) is 2. The molecule has 5 heteroatoms. The zero-order chi connectivity index (χ0) is 15.9. The topological polar surface area (TPSA) is 66.9 Å². The Morgan fingerprint density at radius 1 is 1.14 bits per heavy atom. The first-order valence-corrected chi connectivity index (χ1v) is 7.59. The van der Waals surface area contributed by atoms with Gasteiger partial charge in [0.2, 0.25) is 5.91 Å². The van der Waals surface area contributed by atoms with Gasteiger partial charge in [-0.3, -0.25) is 4.79 Å². The molecule has 2 aromatic rings. The second-order valence-corrected chi connectivity index (χ2v) is 5.25. The summed E-state index contributed by atoms with van der Waals surface area (Å²) in [6.45, 7) is 5.98. The molecule has 0 saturated heterocycles. The van der Waals surface area contributed by atoms with E-state index in [0.29, 0.717) is 0 Å². The Hall–Kier alpha value is -2.43. The molecule has 116 valence electrons. The van der Waals surface area contributed by atoms with Crippen LogP contribution in [0.2, 0.25) is 0 Å². The minimum Gasteiger partial charge on any atom is -0.340 e. The zero-order valence-corrected chi connectivity index (χ0v) is 13.3. The number of hydrogen-bond acceptors (Lipinski definition) is 4. The van der Waals surface area contributed by atoms with Gasteiger partial charge in [-0.25, -0.2) is 9.97 Å². The molecule has 0 aliphatic rings. The molecule has 1 heterocycles. The van der Waals surface area contributed by atoms with E-state index in [1.54, 1.807) is 0 Å². The molecule has 2 rings (SSSR count). The van der Waals surface area contributed by atoms with Gasteiger partial charge in [0.25, 0.3) is 0 Å². The standard InChI is InChI=1S/C17H22N4O/c1-4-13(5-2)17(22)21-15-8-6-7-14(10-15)20-16-9-12(3)18-11-19-16/h6-11,13H,4-5H2,1-3H3,(H,21,22)(H,18,19,20). The highest BCUT2D eigenvalue weighted by molar-refractivity contribution is 5.93. The number of nitrogens with one attached hydrogen (secondary N) is 2. The van der Waals surface area contributed by atoms with Crippen LogP contribution in [0.15, 0.2) is 36.7 Å². The van der Waals surface area contributed by atoms with Gasteiger partial charge < -0.3 is 10.6 Å². The van der Waals surface area contributed by atoms with Crippen LogP contribution >= 0.6 is 0 Å². The van der Waals surface area contributed by atoms with E-state index in [1.807, 2.05) is 51.1 Å². The first-order chi connectivity index (χ1) is 10.6. The molecule has 0 saturated carbocycles. The molecule has 0 unspecified atom stereocenters. The number of carbonyl (C=O) groups is 1. The average Bonchev–Trinajstić information content (AvgIpc) is 2.49. The summed E-state index contributed by atoms with van der Waals surface area (Å²) >= 11 is 0. The fraction of sp³-hybridized carbons (Fsp3) is 0.353. The highest BCUT2D eigenvalue weighted by atomic mass is 16.1. The van der Waals surface area contributed by atoms with Gasteiger partial charge >= 0.3 is 0 Å². The number of rotatable bonds is 6. The quantitative estimate of drug-likeness (QED) is 0.848. The van der Waals surface area contributed by atoms with Gasteiger partial charge in [0.1, 0.15) is 12.1 Å². The van der Waals surface area contributed by atoms with Crippen molar-refractivity contribution >= 4 is 23.1 Å². The van der Waals surface area contributed by atoms with Crippen molar-refractivity contribution in [2.24, 2.45) is 5.92 Å². The Morgan fingerprint density at radius 2 is 1.86 bits per heavy atom. The molecule has 0 spiro atoms. The summed E-state index contributed by atoms with van der Waals surface area (Å²) in [4.78, 5) is 20.4. The number of aryl methyl sites for hydroxylation is 1. The molecule has 1 amide bonds. The summed E-state index contributed by atoms with van der Waals surface area (Å²) < 4.78 is 0. The lowest BCUT2D eigenvalue weighted by Crippen LogP contribution is -2.21. The van der Waals surface area contributed by atoms with E-state index in [4.69, 9.17) is 0 Å². The smallest absolute Gasteiger partial charge is 0.227 e. The molecule has 0 radical (unpaired) electrons. The lowest BCUT2D eigenvalue weighted by molar-refractivity contribution is -0.120. The molecule has 22 heavy (non-hydrogen) atoms. The van der Waals surface area contributed by atoms with Crippen molar-refractivity contribution in [3.05, 3.63) is 42.4 Å². The van der Waals surface area contributed by atoms with Gasteiger partial charge in [0.15, 0.2) is 0 Å². The third-order valence-corrected chi connectivity index (χ3v) is 3.56. The Kier molecular flexibility index (Phi) is 5.47. The third-order valence-electron chi connectivity index (χ3n) is 3.56. The molecule has 0 aliphatic heterocycles. The largest absolute Gasteiger partial charge is 0.340 e. The zero-order valence-electron chi connectivity index (χ0n) is 13.3. The van der Waals surface area contributed by atoms with Crippen LogP contribution in [0.5, 0.6) is 0 Å². The number of nitrogens with zero attached hydrogens (tertiary/aromatic N) is 2. The minimum absolute atomic E-state index is 0.0566. The number of amides is 1. The van der Waals surface area contributed by atoms with Crippen LogP contribution in [-0.2, 0) is 4.79 Å². The van der Waals surface area contributed by atoms with Crippen LogP contribution in [0.3, 0.4) is 0 Å². The van der Waals surface area contributed by atoms with Crippen molar-refractivity contribution in [3.8, 4) is 0 Å². The molecule has 1 aromatic carbocycles. The monoisotopic (exact) mass is 298 g/mol. The van der Waals surface area contributed by atoms with Crippen LogP contribution in [0, 0.1) is 12.8 Å². The molecule has 0 atom stereocenters. The lowest BCUT2D eigenvalue weighted by atomic mass is 10.0. The van der Waals surface area contributed by atoms with Crippen molar-refractivity contribution in [1.82, 2.24) is 9.97 Å². The predicted molar refractivity (Wildman–Crippen MR) is 89.2 cm³/mol. The molecular formula is C17H22N4O. The van der Waals surface area contributed by atoms with E-state index in [-0.39, 0.29) is 11.8 Å².